The van der Waals surface area contributed by atoms with Crippen LogP contribution in [0.2, 0.25) is 10.0 Å². The zero-order chi connectivity index (χ0) is 14.5. The van der Waals surface area contributed by atoms with Crippen LogP contribution in [-0.4, -0.2) is 0 Å². The second-order valence-electron chi connectivity index (χ2n) is 4.83. The molecule has 2 rings (SSSR count). The molecule has 0 aliphatic carbocycles. The van der Waals surface area contributed by atoms with Gasteiger partial charge in [-0.25, -0.2) is 0 Å². The molecule has 1 nitrogen and oxygen atoms in total. The molecule has 3 heteroatoms. The third-order valence-electron chi connectivity index (χ3n) is 3.43. The highest BCUT2D eigenvalue weighted by Crippen LogP contribution is 2.29. The summed E-state index contributed by atoms with van der Waals surface area (Å²) >= 11 is 12.1. The maximum absolute atomic E-state index is 6.11. The molecule has 0 radical (unpaired) electrons. The second-order valence-corrected chi connectivity index (χ2v) is 5.65. The maximum Gasteiger partial charge on any atom is 0.0595 e. The molecule has 0 spiro atoms. The van der Waals surface area contributed by atoms with Gasteiger partial charge in [-0.1, -0.05) is 55.2 Å². The van der Waals surface area contributed by atoms with Gasteiger partial charge in [0.15, 0.2) is 0 Å². The highest BCUT2D eigenvalue weighted by atomic mass is 35.5. The molecule has 0 aliphatic rings. The normalized spacial score (nSPS) is 12.2. The number of halogens is 2. The summed E-state index contributed by atoms with van der Waals surface area (Å²) in [6.07, 6.45) is 2.02. The van der Waals surface area contributed by atoms with E-state index in [2.05, 4.69) is 43.4 Å². The average Bonchev–Trinajstić information content (AvgIpc) is 2.48. The van der Waals surface area contributed by atoms with Crippen LogP contribution in [0.25, 0.3) is 0 Å². The van der Waals surface area contributed by atoms with Crippen LogP contribution in [0.5, 0.6) is 0 Å². The van der Waals surface area contributed by atoms with Gasteiger partial charge in [-0.05, 0) is 48.2 Å². The van der Waals surface area contributed by atoms with E-state index in [9.17, 15) is 0 Å². The average molecular weight is 308 g/mol. The Kier molecular flexibility index (Phi) is 5.33. The first-order valence-electron chi connectivity index (χ1n) is 6.94. The van der Waals surface area contributed by atoms with E-state index in [-0.39, 0.29) is 6.04 Å². The first-order chi connectivity index (χ1) is 9.63. The van der Waals surface area contributed by atoms with Crippen molar-refractivity contribution in [1.29, 1.82) is 0 Å². The molecule has 0 saturated carbocycles. The molecule has 106 valence electrons. The molecule has 0 bridgehead atoms. The standard InChI is InChI=1S/C17H19Cl2N/c1-3-12-6-5-7-14(10-12)20-17(4-2)13-8-9-15(18)16(19)11-13/h5-11,17,20H,3-4H2,1-2H3. The van der Waals surface area contributed by atoms with Crippen LogP contribution in [0.4, 0.5) is 5.69 Å². The molecule has 0 amide bonds. The number of nitrogens with one attached hydrogen (secondary N) is 1. The van der Waals surface area contributed by atoms with Gasteiger partial charge in [-0.2, -0.15) is 0 Å². The first kappa shape index (κ1) is 15.2. The van der Waals surface area contributed by atoms with Crippen molar-refractivity contribution in [3.8, 4) is 0 Å². The van der Waals surface area contributed by atoms with Gasteiger partial charge < -0.3 is 5.32 Å². The molecule has 2 aromatic carbocycles. The fourth-order valence-corrected chi connectivity index (χ4v) is 2.54. The van der Waals surface area contributed by atoms with Gasteiger partial charge in [0.1, 0.15) is 0 Å². The van der Waals surface area contributed by atoms with Crippen molar-refractivity contribution in [1.82, 2.24) is 0 Å². The monoisotopic (exact) mass is 307 g/mol. The van der Waals surface area contributed by atoms with Crippen molar-refractivity contribution in [2.24, 2.45) is 0 Å². The third kappa shape index (κ3) is 3.68. The van der Waals surface area contributed by atoms with E-state index in [1.807, 2.05) is 18.2 Å². The summed E-state index contributed by atoms with van der Waals surface area (Å²) < 4.78 is 0. The van der Waals surface area contributed by atoms with Gasteiger partial charge in [0.25, 0.3) is 0 Å². The van der Waals surface area contributed by atoms with Crippen LogP contribution in [0.3, 0.4) is 0 Å². The van der Waals surface area contributed by atoms with Gasteiger partial charge in [0.2, 0.25) is 0 Å². The molecule has 1 unspecified atom stereocenters. The molecule has 1 atom stereocenters. The smallest absolute Gasteiger partial charge is 0.0595 e. The largest absolute Gasteiger partial charge is 0.378 e. The van der Waals surface area contributed by atoms with E-state index in [1.165, 1.54) is 5.56 Å². The molecular weight excluding hydrogens is 289 g/mol. The predicted molar refractivity (Wildman–Crippen MR) is 88.9 cm³/mol. The Labute approximate surface area is 130 Å². The molecule has 1 N–H and O–H groups in total. The Balaban J connectivity index is 2.21. The van der Waals surface area contributed by atoms with Crippen LogP contribution in [0, 0.1) is 0 Å². The summed E-state index contributed by atoms with van der Waals surface area (Å²) in [5.74, 6) is 0. The lowest BCUT2D eigenvalue weighted by Gasteiger charge is -2.19. The minimum absolute atomic E-state index is 0.233. The Morgan fingerprint density at radius 2 is 1.80 bits per heavy atom. The summed E-state index contributed by atoms with van der Waals surface area (Å²) in [4.78, 5) is 0. The van der Waals surface area contributed by atoms with Crippen LogP contribution in [-0.2, 0) is 6.42 Å². The molecule has 0 fully saturated rings. The van der Waals surface area contributed by atoms with Gasteiger partial charge in [0, 0.05) is 5.69 Å². The van der Waals surface area contributed by atoms with Crippen molar-refractivity contribution in [2.75, 3.05) is 5.32 Å². The van der Waals surface area contributed by atoms with Crippen molar-refractivity contribution in [2.45, 2.75) is 32.7 Å². The van der Waals surface area contributed by atoms with Gasteiger partial charge >= 0.3 is 0 Å². The van der Waals surface area contributed by atoms with Crippen LogP contribution in [0.1, 0.15) is 37.4 Å². The summed E-state index contributed by atoms with van der Waals surface area (Å²) in [5, 5.41) is 4.76. The minimum Gasteiger partial charge on any atom is -0.378 e. The Bertz CT molecular complexity index is 581. The number of aryl methyl sites for hydroxylation is 1. The number of hydrogen-bond donors (Lipinski definition) is 1. The summed E-state index contributed by atoms with van der Waals surface area (Å²) in [5.41, 5.74) is 3.63. The van der Waals surface area contributed by atoms with Gasteiger partial charge in [0.05, 0.1) is 16.1 Å². The van der Waals surface area contributed by atoms with E-state index < -0.39 is 0 Å². The summed E-state index contributed by atoms with van der Waals surface area (Å²) in [6.45, 7) is 4.32. The van der Waals surface area contributed by atoms with E-state index in [4.69, 9.17) is 23.2 Å². The van der Waals surface area contributed by atoms with Crippen molar-refractivity contribution >= 4 is 28.9 Å². The van der Waals surface area contributed by atoms with Crippen molar-refractivity contribution in [3.05, 3.63) is 63.6 Å². The number of hydrogen-bond acceptors (Lipinski definition) is 1. The molecule has 0 aliphatic heterocycles. The predicted octanol–water partition coefficient (Wildman–Crippen LogP) is 6.12. The summed E-state index contributed by atoms with van der Waals surface area (Å²) in [7, 11) is 0. The highest BCUT2D eigenvalue weighted by Gasteiger charge is 2.11. The fourth-order valence-electron chi connectivity index (χ4n) is 2.23. The number of benzene rings is 2. The van der Waals surface area contributed by atoms with E-state index in [1.54, 1.807) is 0 Å². The van der Waals surface area contributed by atoms with Crippen LogP contribution >= 0.6 is 23.2 Å². The lowest BCUT2D eigenvalue weighted by atomic mass is 10.0. The van der Waals surface area contributed by atoms with E-state index in [0.29, 0.717) is 10.0 Å². The van der Waals surface area contributed by atoms with E-state index >= 15 is 0 Å². The zero-order valence-corrected chi connectivity index (χ0v) is 13.3. The lowest BCUT2D eigenvalue weighted by molar-refractivity contribution is 0.749. The first-order valence-corrected chi connectivity index (χ1v) is 7.70. The Morgan fingerprint density at radius 3 is 2.45 bits per heavy atom. The fraction of sp³-hybridized carbons (Fsp3) is 0.294. The van der Waals surface area contributed by atoms with Crippen LogP contribution in [0.15, 0.2) is 42.5 Å². The topological polar surface area (TPSA) is 12.0 Å². The Hall–Kier alpha value is -1.18. The molecule has 20 heavy (non-hydrogen) atoms. The quantitative estimate of drug-likeness (QED) is 0.701. The molecule has 0 aromatic heterocycles. The van der Waals surface area contributed by atoms with Crippen molar-refractivity contribution in [3.63, 3.8) is 0 Å². The molecule has 2 aromatic rings. The zero-order valence-electron chi connectivity index (χ0n) is 11.8. The maximum atomic E-state index is 6.11. The summed E-state index contributed by atoms with van der Waals surface area (Å²) in [6, 6.07) is 14.6. The highest BCUT2D eigenvalue weighted by molar-refractivity contribution is 6.42. The minimum atomic E-state index is 0.233. The lowest BCUT2D eigenvalue weighted by Crippen LogP contribution is -2.09. The number of anilines is 1. The third-order valence-corrected chi connectivity index (χ3v) is 4.17. The van der Waals surface area contributed by atoms with Crippen LogP contribution < -0.4 is 5.32 Å². The molecule has 0 saturated heterocycles. The molecule has 0 heterocycles. The van der Waals surface area contributed by atoms with Gasteiger partial charge in [-0.15, -0.1) is 0 Å². The Morgan fingerprint density at radius 1 is 1.00 bits per heavy atom. The van der Waals surface area contributed by atoms with Crippen molar-refractivity contribution < 1.29 is 0 Å². The second kappa shape index (κ2) is 7.01. The SMILES string of the molecule is CCc1cccc(NC(CC)c2ccc(Cl)c(Cl)c2)c1. The van der Waals surface area contributed by atoms with E-state index in [0.717, 1.165) is 24.1 Å². The van der Waals surface area contributed by atoms with Gasteiger partial charge in [-0.3, -0.25) is 0 Å². The molecular formula is C17H19Cl2N. The number of rotatable bonds is 5.